The molecular weight excluding hydrogens is 152 g/mol. The van der Waals surface area contributed by atoms with Crippen molar-refractivity contribution < 1.29 is 4.52 Å². The molecule has 2 heterocycles. The van der Waals surface area contributed by atoms with Crippen LogP contribution in [0.3, 0.4) is 0 Å². The molecule has 0 bridgehead atoms. The maximum Gasteiger partial charge on any atom is 0.141 e. The number of fused-ring (bicyclic) bond motifs is 1. The first kappa shape index (κ1) is 5.68. The Morgan fingerprint density at radius 1 is 1.50 bits per heavy atom. The van der Waals surface area contributed by atoms with Crippen LogP contribution in [0.2, 0.25) is 5.15 Å². The van der Waals surface area contributed by atoms with Gasteiger partial charge in [-0.05, 0) is 6.07 Å². The fourth-order valence-corrected chi connectivity index (χ4v) is 0.960. The molecule has 0 atom stereocenters. The summed E-state index contributed by atoms with van der Waals surface area (Å²) in [6, 6.07) is 1.74. The van der Waals surface area contributed by atoms with Crippen LogP contribution in [0.1, 0.15) is 0 Å². The van der Waals surface area contributed by atoms with Gasteiger partial charge in [-0.1, -0.05) is 16.8 Å². The monoisotopic (exact) mass is 154 g/mol. The van der Waals surface area contributed by atoms with Crippen LogP contribution in [0.4, 0.5) is 0 Å². The number of rotatable bonds is 0. The van der Waals surface area contributed by atoms with E-state index in [9.17, 15) is 0 Å². The summed E-state index contributed by atoms with van der Waals surface area (Å²) in [6.45, 7) is 0. The average Bonchev–Trinajstić information content (AvgIpc) is 2.36. The van der Waals surface area contributed by atoms with Crippen LogP contribution < -0.4 is 0 Å². The van der Waals surface area contributed by atoms with Crippen molar-refractivity contribution in [2.45, 2.75) is 0 Å². The molecule has 0 aliphatic rings. The Labute approximate surface area is 61.6 Å². The summed E-state index contributed by atoms with van der Waals surface area (Å²) >= 11 is 5.69. The summed E-state index contributed by atoms with van der Waals surface area (Å²) in [5.74, 6) is 0. The Morgan fingerprint density at radius 2 is 2.40 bits per heavy atom. The van der Waals surface area contributed by atoms with Crippen molar-refractivity contribution in [3.8, 4) is 0 Å². The third-order valence-electron chi connectivity index (χ3n) is 1.24. The molecular formula is C6H3ClN2O. The van der Waals surface area contributed by atoms with Gasteiger partial charge in [0.15, 0.2) is 0 Å². The summed E-state index contributed by atoms with van der Waals surface area (Å²) in [6.07, 6.45) is 3.07. The fraction of sp³-hybridized carbons (Fsp3) is 0. The third-order valence-corrected chi connectivity index (χ3v) is 1.54. The number of hydrogen-bond donors (Lipinski definition) is 0. The predicted molar refractivity (Wildman–Crippen MR) is 36.8 cm³/mol. The maximum absolute atomic E-state index is 5.69. The molecule has 10 heavy (non-hydrogen) atoms. The summed E-state index contributed by atoms with van der Waals surface area (Å²) in [4.78, 5) is 3.84. The zero-order valence-corrected chi connectivity index (χ0v) is 5.67. The van der Waals surface area contributed by atoms with Crippen LogP contribution >= 0.6 is 11.6 Å². The summed E-state index contributed by atoms with van der Waals surface area (Å²) in [5, 5.41) is 4.86. The minimum Gasteiger partial charge on any atom is -0.363 e. The first-order valence-corrected chi connectivity index (χ1v) is 3.10. The van der Waals surface area contributed by atoms with Crippen molar-refractivity contribution >= 4 is 22.5 Å². The molecule has 0 saturated carbocycles. The lowest BCUT2D eigenvalue weighted by molar-refractivity contribution is 0.428. The van der Waals surface area contributed by atoms with E-state index in [0.29, 0.717) is 5.15 Å². The third kappa shape index (κ3) is 0.675. The average molecular weight is 155 g/mol. The molecule has 0 fully saturated rings. The topological polar surface area (TPSA) is 38.9 Å². The first-order valence-electron chi connectivity index (χ1n) is 2.72. The van der Waals surface area contributed by atoms with Crippen LogP contribution in [0.15, 0.2) is 23.0 Å². The summed E-state index contributed by atoms with van der Waals surface area (Å²) in [7, 11) is 0. The molecule has 0 amide bonds. The van der Waals surface area contributed by atoms with Gasteiger partial charge < -0.3 is 4.52 Å². The van der Waals surface area contributed by atoms with Crippen LogP contribution in [-0.2, 0) is 0 Å². The first-order chi connectivity index (χ1) is 4.88. The van der Waals surface area contributed by atoms with E-state index in [0.717, 1.165) is 10.9 Å². The van der Waals surface area contributed by atoms with E-state index < -0.39 is 0 Å². The van der Waals surface area contributed by atoms with Crippen molar-refractivity contribution in [2.75, 3.05) is 0 Å². The molecule has 3 nitrogen and oxygen atoms in total. The maximum atomic E-state index is 5.69. The molecule has 50 valence electrons. The van der Waals surface area contributed by atoms with Crippen molar-refractivity contribution in [3.05, 3.63) is 23.7 Å². The molecule has 2 rings (SSSR count). The highest BCUT2D eigenvalue weighted by Gasteiger charge is 2.00. The van der Waals surface area contributed by atoms with E-state index in [2.05, 4.69) is 14.7 Å². The highest BCUT2D eigenvalue weighted by atomic mass is 35.5. The van der Waals surface area contributed by atoms with Crippen molar-refractivity contribution in [2.24, 2.45) is 0 Å². The van der Waals surface area contributed by atoms with Gasteiger partial charge in [-0.15, -0.1) is 0 Å². The van der Waals surface area contributed by atoms with E-state index in [1.54, 1.807) is 12.3 Å². The molecule has 0 N–H and O–H groups in total. The van der Waals surface area contributed by atoms with E-state index >= 15 is 0 Å². The van der Waals surface area contributed by atoms with Gasteiger partial charge in [-0.25, -0.2) is 4.98 Å². The van der Waals surface area contributed by atoms with Gasteiger partial charge in [0.05, 0.1) is 5.39 Å². The minimum absolute atomic E-state index is 0.429. The number of halogens is 1. The predicted octanol–water partition coefficient (Wildman–Crippen LogP) is 1.88. The summed E-state index contributed by atoms with van der Waals surface area (Å²) < 4.78 is 4.67. The van der Waals surface area contributed by atoms with Crippen molar-refractivity contribution in [1.29, 1.82) is 0 Å². The molecule has 0 radical (unpaired) electrons. The smallest absolute Gasteiger partial charge is 0.141 e. The van der Waals surface area contributed by atoms with Crippen molar-refractivity contribution in [1.82, 2.24) is 10.1 Å². The second-order valence-corrected chi connectivity index (χ2v) is 2.21. The van der Waals surface area contributed by atoms with Gasteiger partial charge in [0.1, 0.15) is 16.9 Å². The van der Waals surface area contributed by atoms with Crippen molar-refractivity contribution in [3.63, 3.8) is 0 Å². The Balaban J connectivity index is 2.95. The molecule has 2 aromatic heterocycles. The number of nitrogens with zero attached hydrogens (tertiary/aromatic N) is 2. The van der Waals surface area contributed by atoms with E-state index in [1.807, 2.05) is 0 Å². The highest BCUT2D eigenvalue weighted by Crippen LogP contribution is 2.18. The van der Waals surface area contributed by atoms with Gasteiger partial charge in [0, 0.05) is 6.20 Å². The Kier molecular flexibility index (Phi) is 1.11. The molecule has 0 aliphatic heterocycles. The minimum atomic E-state index is 0.429. The second-order valence-electron chi connectivity index (χ2n) is 1.85. The molecule has 0 saturated heterocycles. The second kappa shape index (κ2) is 1.95. The molecule has 4 heteroatoms. The standard InChI is InChI=1S/C6H3ClN2O/c7-6-4-3-10-9-5(4)1-2-8-6/h1-3H. The number of hydrogen-bond acceptors (Lipinski definition) is 3. The molecule has 2 aromatic rings. The summed E-state index contributed by atoms with van der Waals surface area (Å²) in [5.41, 5.74) is 0.736. The van der Waals surface area contributed by atoms with Gasteiger partial charge >= 0.3 is 0 Å². The normalized spacial score (nSPS) is 10.5. The fourth-order valence-electron chi connectivity index (χ4n) is 0.763. The lowest BCUT2D eigenvalue weighted by atomic mass is 10.3. The van der Waals surface area contributed by atoms with Gasteiger partial charge in [0.2, 0.25) is 0 Å². The molecule has 0 aromatic carbocycles. The zero-order valence-electron chi connectivity index (χ0n) is 4.91. The lowest BCUT2D eigenvalue weighted by Gasteiger charge is -1.85. The SMILES string of the molecule is Clc1nccc2nocc12. The Bertz CT molecular complexity index is 357. The van der Waals surface area contributed by atoms with E-state index in [1.165, 1.54) is 6.26 Å². The Hall–Kier alpha value is -1.09. The van der Waals surface area contributed by atoms with E-state index in [-0.39, 0.29) is 0 Å². The van der Waals surface area contributed by atoms with Gasteiger partial charge in [0.25, 0.3) is 0 Å². The van der Waals surface area contributed by atoms with Crippen LogP contribution in [0, 0.1) is 0 Å². The van der Waals surface area contributed by atoms with Crippen LogP contribution in [0.5, 0.6) is 0 Å². The van der Waals surface area contributed by atoms with Gasteiger partial charge in [-0.3, -0.25) is 0 Å². The highest BCUT2D eigenvalue weighted by molar-refractivity contribution is 6.33. The largest absolute Gasteiger partial charge is 0.363 e. The van der Waals surface area contributed by atoms with E-state index in [4.69, 9.17) is 11.6 Å². The van der Waals surface area contributed by atoms with Gasteiger partial charge in [-0.2, -0.15) is 0 Å². The Morgan fingerprint density at radius 3 is 3.20 bits per heavy atom. The lowest BCUT2D eigenvalue weighted by Crippen LogP contribution is -1.73. The van der Waals surface area contributed by atoms with Crippen LogP contribution in [0.25, 0.3) is 10.9 Å². The van der Waals surface area contributed by atoms with Crippen LogP contribution in [-0.4, -0.2) is 10.1 Å². The number of pyridine rings is 1. The number of aromatic nitrogens is 2. The molecule has 0 spiro atoms. The molecule has 0 aliphatic carbocycles. The quantitative estimate of drug-likeness (QED) is 0.544. The molecule has 0 unspecified atom stereocenters. The zero-order chi connectivity index (χ0) is 6.97.